The first-order valence-electron chi connectivity index (χ1n) is 14.7. The molecule has 10 nitrogen and oxygen atoms in total. The number of carbonyl (C=O) groups is 1. The molecule has 0 spiro atoms. The number of benzene rings is 1. The van der Waals surface area contributed by atoms with Crippen LogP contribution in [-0.2, 0) is 20.0 Å². The third kappa shape index (κ3) is 4.93. The van der Waals surface area contributed by atoms with Gasteiger partial charge in [-0.05, 0) is 43.9 Å². The topological polar surface area (TPSA) is 109 Å². The minimum atomic E-state index is -1.59. The fourth-order valence-electron chi connectivity index (χ4n) is 5.96. The molecule has 5 heterocycles. The van der Waals surface area contributed by atoms with Crippen molar-refractivity contribution in [3.05, 3.63) is 60.3 Å². The number of hydrogen-bond donors (Lipinski definition) is 1. The number of amides is 1. The maximum Gasteiger partial charge on any atom is 0.258 e. The standard InChI is InChI=1S/C31H34F2N8O2/c1-18(40-11-9-35-17-40)28(33)43-26-5-3-4-20-12-25(41(27(20)26)15-19-6-7-19)30-37-24-13-22-23(36-29(24)38(30)2)8-10-39(31(22)42)16-21(34)14-32/h3-5,9,11-13,17-19,21,28H,6-8,10,14-16,34H2,1-2H3. The molecule has 2 N–H and O–H groups in total. The normalized spacial score (nSPS) is 17.4. The van der Waals surface area contributed by atoms with Crippen molar-refractivity contribution in [2.24, 2.45) is 18.7 Å². The number of aromatic nitrogens is 6. The van der Waals surface area contributed by atoms with Crippen LogP contribution in [0.2, 0.25) is 0 Å². The highest BCUT2D eigenvalue weighted by Crippen LogP contribution is 2.40. The first-order chi connectivity index (χ1) is 20.8. The van der Waals surface area contributed by atoms with E-state index in [0.29, 0.717) is 52.9 Å². The van der Waals surface area contributed by atoms with Crippen molar-refractivity contribution in [3.8, 4) is 17.3 Å². The van der Waals surface area contributed by atoms with Crippen LogP contribution in [0.3, 0.4) is 0 Å². The number of ether oxygens (including phenoxy) is 1. The monoisotopic (exact) mass is 588 g/mol. The molecule has 43 heavy (non-hydrogen) atoms. The molecule has 4 aromatic heterocycles. The van der Waals surface area contributed by atoms with Crippen molar-refractivity contribution in [2.45, 2.75) is 51.2 Å². The molecule has 1 aromatic carbocycles. The van der Waals surface area contributed by atoms with E-state index in [-0.39, 0.29) is 12.5 Å². The SMILES string of the molecule is CC(C(F)Oc1cccc2cc(-c3nc4cc5c(nc4n3C)CCN(CC(N)CF)C5=O)n(CC3CC3)c12)n1ccnc1. The molecule has 1 saturated carbocycles. The van der Waals surface area contributed by atoms with Crippen LogP contribution in [0.25, 0.3) is 33.6 Å². The van der Waals surface area contributed by atoms with E-state index in [0.717, 1.165) is 36.0 Å². The Morgan fingerprint density at radius 3 is 2.79 bits per heavy atom. The summed E-state index contributed by atoms with van der Waals surface area (Å²) in [7, 11) is 1.92. The number of para-hydroxylation sites is 1. The molecule has 0 radical (unpaired) electrons. The second kappa shape index (κ2) is 10.7. The number of imidazole rings is 2. The second-order valence-electron chi connectivity index (χ2n) is 11.7. The number of carbonyl (C=O) groups excluding carboxylic acids is 1. The highest BCUT2D eigenvalue weighted by atomic mass is 19.1. The van der Waals surface area contributed by atoms with E-state index in [9.17, 15) is 9.18 Å². The molecule has 7 rings (SSSR count). The Hall–Kier alpha value is -4.32. The zero-order valence-electron chi connectivity index (χ0n) is 24.2. The van der Waals surface area contributed by atoms with Gasteiger partial charge in [0.25, 0.3) is 12.3 Å². The summed E-state index contributed by atoms with van der Waals surface area (Å²) in [5.41, 5.74) is 9.93. The maximum absolute atomic E-state index is 15.4. The minimum Gasteiger partial charge on any atom is -0.456 e. The lowest BCUT2D eigenvalue weighted by Crippen LogP contribution is -2.45. The zero-order valence-corrected chi connectivity index (χ0v) is 24.2. The van der Waals surface area contributed by atoms with Crippen molar-refractivity contribution in [1.29, 1.82) is 0 Å². The summed E-state index contributed by atoms with van der Waals surface area (Å²) in [6.07, 6.45) is 6.15. The molecule has 0 saturated heterocycles. The molecule has 12 heteroatoms. The Kier molecular flexibility index (Phi) is 6.88. The number of alkyl halides is 2. The van der Waals surface area contributed by atoms with Crippen molar-refractivity contribution < 1.29 is 18.3 Å². The van der Waals surface area contributed by atoms with E-state index in [1.54, 1.807) is 47.2 Å². The van der Waals surface area contributed by atoms with Gasteiger partial charge in [-0.25, -0.2) is 19.3 Å². The summed E-state index contributed by atoms with van der Waals surface area (Å²) in [4.78, 5) is 28.7. The fraction of sp³-hybridized carbons (Fsp3) is 0.419. The third-order valence-corrected chi connectivity index (χ3v) is 8.58. The molecule has 1 aliphatic heterocycles. The van der Waals surface area contributed by atoms with Crippen molar-refractivity contribution >= 4 is 28.0 Å². The Labute approximate surface area is 247 Å². The predicted octanol–water partition coefficient (Wildman–Crippen LogP) is 4.43. The van der Waals surface area contributed by atoms with Crippen LogP contribution in [0.15, 0.2) is 49.1 Å². The summed E-state index contributed by atoms with van der Waals surface area (Å²) in [5.74, 6) is 1.48. The molecule has 3 unspecified atom stereocenters. The average Bonchev–Trinajstić information content (AvgIpc) is 3.36. The Balaban J connectivity index is 1.29. The van der Waals surface area contributed by atoms with Crippen LogP contribution in [0.1, 0.15) is 41.9 Å². The number of pyridine rings is 1. The number of nitrogens with two attached hydrogens (primary N) is 1. The lowest BCUT2D eigenvalue weighted by Gasteiger charge is -2.29. The summed E-state index contributed by atoms with van der Waals surface area (Å²) < 4.78 is 40.3. The van der Waals surface area contributed by atoms with Gasteiger partial charge in [0.15, 0.2) is 11.5 Å². The van der Waals surface area contributed by atoms with E-state index >= 15 is 4.39 Å². The lowest BCUT2D eigenvalue weighted by molar-refractivity contribution is 0.0249. The number of rotatable bonds is 10. The van der Waals surface area contributed by atoms with Gasteiger partial charge in [-0.3, -0.25) is 4.79 Å². The Morgan fingerprint density at radius 1 is 1.21 bits per heavy atom. The van der Waals surface area contributed by atoms with E-state index in [2.05, 4.69) is 15.6 Å². The first-order valence-corrected chi connectivity index (χ1v) is 14.7. The molecular formula is C31H34F2N8O2. The van der Waals surface area contributed by atoms with Crippen molar-refractivity contribution in [2.75, 3.05) is 19.8 Å². The molecule has 1 amide bonds. The van der Waals surface area contributed by atoms with Crippen molar-refractivity contribution in [1.82, 2.24) is 33.6 Å². The Morgan fingerprint density at radius 2 is 2.05 bits per heavy atom. The molecule has 2 aliphatic rings. The van der Waals surface area contributed by atoms with Crippen LogP contribution in [0.5, 0.6) is 5.75 Å². The molecular weight excluding hydrogens is 554 g/mol. The number of fused-ring (bicyclic) bond motifs is 3. The Bertz CT molecular complexity index is 1810. The van der Waals surface area contributed by atoms with Gasteiger partial charge >= 0.3 is 0 Å². The van der Waals surface area contributed by atoms with Crippen molar-refractivity contribution in [3.63, 3.8) is 0 Å². The molecule has 1 fully saturated rings. The number of halogens is 2. The molecule has 1 aliphatic carbocycles. The second-order valence-corrected chi connectivity index (χ2v) is 11.7. The summed E-state index contributed by atoms with van der Waals surface area (Å²) in [5, 5.41) is 0.921. The lowest BCUT2D eigenvalue weighted by atomic mass is 10.0. The van der Waals surface area contributed by atoms with Crippen LogP contribution < -0.4 is 10.5 Å². The average molecular weight is 589 g/mol. The fourth-order valence-corrected chi connectivity index (χ4v) is 5.96. The van der Waals surface area contributed by atoms with Crippen LogP contribution in [-0.4, -0.2) is 71.6 Å². The largest absolute Gasteiger partial charge is 0.456 e. The van der Waals surface area contributed by atoms with Gasteiger partial charge in [-0.15, -0.1) is 0 Å². The van der Waals surface area contributed by atoms with Crippen LogP contribution in [0.4, 0.5) is 8.78 Å². The van der Waals surface area contributed by atoms with Crippen LogP contribution >= 0.6 is 0 Å². The predicted molar refractivity (Wildman–Crippen MR) is 158 cm³/mol. The van der Waals surface area contributed by atoms with E-state index in [4.69, 9.17) is 20.4 Å². The molecule has 3 atom stereocenters. The summed E-state index contributed by atoms with van der Waals surface area (Å²) in [6.45, 7) is 2.42. The van der Waals surface area contributed by atoms with Gasteiger partial charge in [0, 0.05) is 50.9 Å². The smallest absolute Gasteiger partial charge is 0.258 e. The van der Waals surface area contributed by atoms with E-state index in [1.165, 1.54) is 0 Å². The van der Waals surface area contributed by atoms with Gasteiger partial charge in [0.2, 0.25) is 0 Å². The third-order valence-electron chi connectivity index (χ3n) is 8.58. The van der Waals surface area contributed by atoms with E-state index < -0.39 is 25.1 Å². The van der Waals surface area contributed by atoms with Crippen LogP contribution in [0, 0.1) is 5.92 Å². The highest BCUT2D eigenvalue weighted by Gasteiger charge is 2.31. The van der Waals surface area contributed by atoms with Gasteiger partial charge in [-0.1, -0.05) is 12.1 Å². The minimum absolute atomic E-state index is 0.160. The number of nitrogens with zero attached hydrogens (tertiary/aromatic N) is 7. The van der Waals surface area contributed by atoms with Gasteiger partial charge in [0.05, 0.1) is 40.9 Å². The van der Waals surface area contributed by atoms with E-state index in [1.807, 2.05) is 23.7 Å². The highest BCUT2D eigenvalue weighted by molar-refractivity contribution is 5.99. The maximum atomic E-state index is 15.4. The first kappa shape index (κ1) is 27.5. The zero-order chi connectivity index (χ0) is 29.8. The number of aryl methyl sites for hydroxylation is 1. The van der Waals surface area contributed by atoms with Gasteiger partial charge in [-0.2, -0.15) is 4.39 Å². The summed E-state index contributed by atoms with van der Waals surface area (Å²) >= 11 is 0. The molecule has 5 aromatic rings. The molecule has 224 valence electrons. The summed E-state index contributed by atoms with van der Waals surface area (Å²) in [6, 6.07) is 8.23. The van der Waals surface area contributed by atoms with Gasteiger partial charge < -0.3 is 29.1 Å². The number of hydrogen-bond acceptors (Lipinski definition) is 6. The molecule has 0 bridgehead atoms. The quantitative estimate of drug-likeness (QED) is 0.259. The van der Waals surface area contributed by atoms with Gasteiger partial charge in [0.1, 0.15) is 17.9 Å².